The van der Waals surface area contributed by atoms with E-state index >= 15 is 0 Å². The Balaban J connectivity index is 1.57. The lowest BCUT2D eigenvalue weighted by molar-refractivity contribution is -0.128. The molecule has 1 amide bonds. The van der Waals surface area contributed by atoms with E-state index in [-0.39, 0.29) is 24.6 Å². The van der Waals surface area contributed by atoms with E-state index in [1.807, 2.05) is 0 Å². The summed E-state index contributed by atoms with van der Waals surface area (Å²) in [6, 6.07) is 12.1. The maximum Gasteiger partial charge on any atom is 0.411 e. The number of carbonyl (C=O) groups is 2. The van der Waals surface area contributed by atoms with Crippen molar-refractivity contribution in [2.75, 3.05) is 25.6 Å². The summed E-state index contributed by atoms with van der Waals surface area (Å²) in [5, 5.41) is 2.94. The Hall–Kier alpha value is -3.56. The fourth-order valence-corrected chi connectivity index (χ4v) is 4.26. The van der Waals surface area contributed by atoms with Crippen molar-refractivity contribution in [3.63, 3.8) is 0 Å². The zero-order valence-corrected chi connectivity index (χ0v) is 19.9. The minimum Gasteiger partial charge on any atom is -0.453 e. The number of nitrogens with zero attached hydrogens (tertiary/aromatic N) is 2. The standard InChI is InChI=1S/C25H23ClFN3O5/c1-15-28-22(20-8-5-17(26)9-21(20)29-24(33)34-2)10-23(32)30(15)12-19(31)11-25(13-35-14-25)16-3-6-18(27)7-4-16/h3-10H,11-14H2,1-2H3,(H,29,33). The van der Waals surface area contributed by atoms with Crippen LogP contribution in [0.3, 0.4) is 0 Å². The molecule has 1 fully saturated rings. The highest BCUT2D eigenvalue weighted by Crippen LogP contribution is 2.36. The summed E-state index contributed by atoms with van der Waals surface area (Å²) in [6.07, 6.45) is -0.546. The van der Waals surface area contributed by atoms with E-state index in [2.05, 4.69) is 15.0 Å². The number of rotatable bonds is 7. The number of carbonyl (C=O) groups excluding carboxylic acids is 2. The Kier molecular flexibility index (Phi) is 7.00. The first kappa shape index (κ1) is 24.6. The second-order valence-electron chi connectivity index (χ2n) is 8.41. The molecule has 1 aliphatic heterocycles. The molecule has 2 heterocycles. The Labute approximate surface area is 205 Å². The molecule has 4 rings (SSSR count). The van der Waals surface area contributed by atoms with Crippen LogP contribution in [-0.2, 0) is 26.2 Å². The Morgan fingerprint density at radius 2 is 1.91 bits per heavy atom. The number of amides is 1. The molecule has 10 heteroatoms. The number of aryl methyl sites for hydroxylation is 1. The number of benzene rings is 2. The smallest absolute Gasteiger partial charge is 0.411 e. The molecule has 1 N–H and O–H groups in total. The van der Waals surface area contributed by atoms with E-state index < -0.39 is 17.1 Å². The van der Waals surface area contributed by atoms with Crippen molar-refractivity contribution in [3.8, 4) is 11.3 Å². The monoisotopic (exact) mass is 499 g/mol. The molecule has 3 aromatic rings. The second-order valence-corrected chi connectivity index (χ2v) is 8.85. The minimum absolute atomic E-state index is 0.149. The van der Waals surface area contributed by atoms with Crippen molar-refractivity contribution >= 4 is 29.2 Å². The number of anilines is 1. The molecule has 0 atom stereocenters. The predicted octanol–water partition coefficient (Wildman–Crippen LogP) is 4.12. The first-order chi connectivity index (χ1) is 16.7. The van der Waals surface area contributed by atoms with Gasteiger partial charge in [-0.25, -0.2) is 14.2 Å². The number of aromatic nitrogens is 2. The van der Waals surface area contributed by atoms with Crippen molar-refractivity contribution in [2.45, 2.75) is 25.3 Å². The normalized spacial score (nSPS) is 14.2. The summed E-state index contributed by atoms with van der Waals surface area (Å²) in [5.74, 6) is -0.188. The van der Waals surface area contributed by atoms with Gasteiger partial charge in [0.2, 0.25) is 0 Å². The summed E-state index contributed by atoms with van der Waals surface area (Å²) < 4.78 is 24.6. The van der Waals surface area contributed by atoms with Gasteiger partial charge in [0.25, 0.3) is 5.56 Å². The van der Waals surface area contributed by atoms with Crippen LogP contribution in [0.5, 0.6) is 0 Å². The summed E-state index contributed by atoms with van der Waals surface area (Å²) >= 11 is 6.05. The number of ketones is 1. The van der Waals surface area contributed by atoms with Gasteiger partial charge >= 0.3 is 6.09 Å². The van der Waals surface area contributed by atoms with E-state index in [1.165, 1.54) is 35.9 Å². The fraction of sp³-hybridized carbons (Fsp3) is 0.280. The molecule has 0 unspecified atom stereocenters. The third-order valence-electron chi connectivity index (χ3n) is 5.96. The SMILES string of the molecule is COC(=O)Nc1cc(Cl)ccc1-c1cc(=O)n(CC(=O)CC2(c3ccc(F)cc3)COC2)c(C)n1. The first-order valence-corrected chi connectivity index (χ1v) is 11.2. The summed E-state index contributed by atoms with van der Waals surface area (Å²) in [4.78, 5) is 42.1. The molecule has 182 valence electrons. The fourth-order valence-electron chi connectivity index (χ4n) is 4.09. The van der Waals surface area contributed by atoms with Crippen LogP contribution >= 0.6 is 11.6 Å². The molecular weight excluding hydrogens is 477 g/mol. The third-order valence-corrected chi connectivity index (χ3v) is 6.20. The largest absolute Gasteiger partial charge is 0.453 e. The van der Waals surface area contributed by atoms with Crippen LogP contribution < -0.4 is 10.9 Å². The van der Waals surface area contributed by atoms with E-state index in [9.17, 15) is 18.8 Å². The lowest BCUT2D eigenvalue weighted by Gasteiger charge is -2.41. The van der Waals surface area contributed by atoms with Crippen LogP contribution in [0.25, 0.3) is 11.3 Å². The molecule has 0 spiro atoms. The van der Waals surface area contributed by atoms with Gasteiger partial charge in [-0.2, -0.15) is 0 Å². The molecule has 0 bridgehead atoms. The highest BCUT2D eigenvalue weighted by molar-refractivity contribution is 6.31. The second kappa shape index (κ2) is 9.97. The lowest BCUT2D eigenvalue weighted by atomic mass is 9.74. The molecule has 35 heavy (non-hydrogen) atoms. The maximum absolute atomic E-state index is 13.3. The van der Waals surface area contributed by atoms with Gasteiger partial charge in [0.15, 0.2) is 5.78 Å². The molecule has 8 nitrogen and oxygen atoms in total. The molecule has 0 radical (unpaired) electrons. The highest BCUT2D eigenvalue weighted by Gasteiger charge is 2.42. The van der Waals surface area contributed by atoms with Crippen molar-refractivity contribution in [1.82, 2.24) is 9.55 Å². The zero-order valence-electron chi connectivity index (χ0n) is 19.1. The number of Topliss-reactive ketones (excluding diaryl/α,β-unsaturated/α-hetero) is 1. The summed E-state index contributed by atoms with van der Waals surface area (Å²) in [6.45, 7) is 2.17. The molecule has 0 saturated carbocycles. The first-order valence-electron chi connectivity index (χ1n) is 10.8. The highest BCUT2D eigenvalue weighted by atomic mass is 35.5. The van der Waals surface area contributed by atoms with Gasteiger partial charge in [0.1, 0.15) is 11.6 Å². The quantitative estimate of drug-likeness (QED) is 0.525. The zero-order chi connectivity index (χ0) is 25.2. The van der Waals surface area contributed by atoms with Crippen molar-refractivity contribution in [1.29, 1.82) is 0 Å². The van der Waals surface area contributed by atoms with E-state index in [1.54, 1.807) is 31.2 Å². The van der Waals surface area contributed by atoms with Crippen molar-refractivity contribution in [3.05, 3.63) is 81.1 Å². The Morgan fingerprint density at radius 1 is 1.20 bits per heavy atom. The number of halogens is 2. The van der Waals surface area contributed by atoms with E-state index in [0.29, 0.717) is 41.0 Å². The summed E-state index contributed by atoms with van der Waals surface area (Å²) in [5.41, 5.74) is 0.989. The predicted molar refractivity (Wildman–Crippen MR) is 128 cm³/mol. The van der Waals surface area contributed by atoms with Crippen molar-refractivity contribution < 1.29 is 23.5 Å². The Morgan fingerprint density at radius 3 is 2.51 bits per heavy atom. The van der Waals surface area contributed by atoms with Crippen LogP contribution in [0.4, 0.5) is 14.9 Å². The molecular formula is C25H23ClFN3O5. The number of methoxy groups -OCH3 is 1. The van der Waals surface area contributed by atoms with Crippen LogP contribution in [0.1, 0.15) is 17.8 Å². The van der Waals surface area contributed by atoms with Gasteiger partial charge in [-0.05, 0) is 42.8 Å². The lowest BCUT2D eigenvalue weighted by Crippen LogP contribution is -2.48. The average molecular weight is 500 g/mol. The average Bonchev–Trinajstić information content (AvgIpc) is 2.79. The van der Waals surface area contributed by atoms with Gasteiger partial charge < -0.3 is 9.47 Å². The maximum atomic E-state index is 13.3. The van der Waals surface area contributed by atoms with Crippen LogP contribution in [0, 0.1) is 12.7 Å². The molecule has 1 saturated heterocycles. The van der Waals surface area contributed by atoms with Gasteiger partial charge in [0, 0.05) is 28.5 Å². The van der Waals surface area contributed by atoms with Crippen molar-refractivity contribution in [2.24, 2.45) is 0 Å². The number of hydrogen-bond acceptors (Lipinski definition) is 6. The number of ether oxygens (including phenoxy) is 2. The van der Waals surface area contributed by atoms with E-state index in [0.717, 1.165) is 5.56 Å². The molecule has 1 aliphatic rings. The van der Waals surface area contributed by atoms with E-state index in [4.69, 9.17) is 16.3 Å². The third kappa shape index (κ3) is 5.26. The molecule has 0 aliphatic carbocycles. The van der Waals surface area contributed by atoms with Gasteiger partial charge in [-0.15, -0.1) is 0 Å². The minimum atomic E-state index is -0.695. The number of nitrogens with one attached hydrogen (secondary N) is 1. The Bertz CT molecular complexity index is 1340. The van der Waals surface area contributed by atoms with Crippen LogP contribution in [-0.4, -0.2) is 41.8 Å². The van der Waals surface area contributed by atoms with Gasteiger partial charge in [0.05, 0.1) is 38.2 Å². The molecule has 2 aromatic carbocycles. The topological polar surface area (TPSA) is 99.5 Å². The van der Waals surface area contributed by atoms with Gasteiger partial charge in [-0.3, -0.25) is 19.5 Å². The van der Waals surface area contributed by atoms with Crippen LogP contribution in [0.15, 0.2) is 53.3 Å². The molecule has 1 aromatic heterocycles. The summed E-state index contributed by atoms with van der Waals surface area (Å²) in [7, 11) is 1.23. The van der Waals surface area contributed by atoms with Gasteiger partial charge in [-0.1, -0.05) is 23.7 Å². The number of hydrogen-bond donors (Lipinski definition) is 1. The van der Waals surface area contributed by atoms with Crippen LogP contribution in [0.2, 0.25) is 5.02 Å².